The molecule has 2 aromatic rings. The topological polar surface area (TPSA) is 66.5 Å². The number of rotatable bonds is 5. The van der Waals surface area contributed by atoms with Gasteiger partial charge in [0, 0.05) is 13.1 Å². The van der Waals surface area contributed by atoms with Crippen molar-refractivity contribution in [2.75, 3.05) is 11.4 Å². The molecule has 5 nitrogen and oxygen atoms in total. The number of nitrogens with zero attached hydrogens (tertiary/aromatic N) is 1. The maximum Gasteiger partial charge on any atom is 0.264 e. The van der Waals surface area contributed by atoms with Crippen LogP contribution in [0.15, 0.2) is 53.4 Å². The molecule has 0 radical (unpaired) electrons. The van der Waals surface area contributed by atoms with Crippen molar-refractivity contribution in [3.05, 3.63) is 59.1 Å². The van der Waals surface area contributed by atoms with Gasteiger partial charge in [0.25, 0.3) is 15.9 Å². The lowest BCUT2D eigenvalue weighted by Gasteiger charge is -2.20. The molecule has 1 amide bonds. The van der Waals surface area contributed by atoms with E-state index in [1.54, 1.807) is 24.3 Å². The first-order valence-corrected chi connectivity index (χ1v) is 9.36. The van der Waals surface area contributed by atoms with Gasteiger partial charge in [0.05, 0.1) is 21.2 Å². The summed E-state index contributed by atoms with van der Waals surface area (Å²) in [6.07, 6.45) is 1.93. The number of nitrogens with one attached hydrogen (secondary N) is 1. The smallest absolute Gasteiger partial charge is 0.264 e. The number of hydrogen-bond donors (Lipinski definition) is 1. The molecule has 0 heterocycles. The van der Waals surface area contributed by atoms with Crippen LogP contribution in [0.1, 0.15) is 23.2 Å². The fourth-order valence-corrected chi connectivity index (χ4v) is 3.68. The van der Waals surface area contributed by atoms with Crippen LogP contribution in [0.5, 0.6) is 0 Å². The first-order valence-electron chi connectivity index (χ1n) is 7.54. The first kappa shape index (κ1) is 16.8. The molecule has 1 N–H and O–H groups in total. The zero-order valence-electron chi connectivity index (χ0n) is 13.1. The van der Waals surface area contributed by atoms with Crippen molar-refractivity contribution in [3.8, 4) is 0 Å². The summed E-state index contributed by atoms with van der Waals surface area (Å²) in [6.45, 7) is 0. The SMILES string of the molecule is CN(c1ccc(Cl)c(C(=O)NC2CC2)c1)S(=O)(=O)c1ccccc1. The molecule has 0 spiro atoms. The average Bonchev–Trinajstić information content (AvgIpc) is 3.39. The van der Waals surface area contributed by atoms with E-state index < -0.39 is 10.0 Å². The first-order chi connectivity index (χ1) is 11.4. The molecule has 1 saturated carbocycles. The number of carbonyl (C=O) groups is 1. The predicted octanol–water partition coefficient (Wildman–Crippen LogP) is 3.06. The summed E-state index contributed by atoms with van der Waals surface area (Å²) in [6, 6.07) is 13.0. The Bertz CT molecular complexity index is 865. The highest BCUT2D eigenvalue weighted by Gasteiger charge is 2.26. The van der Waals surface area contributed by atoms with Crippen LogP contribution in [-0.4, -0.2) is 27.4 Å². The van der Waals surface area contributed by atoms with Gasteiger partial charge in [-0.1, -0.05) is 29.8 Å². The highest BCUT2D eigenvalue weighted by Crippen LogP contribution is 2.27. The summed E-state index contributed by atoms with van der Waals surface area (Å²) < 4.78 is 26.5. The third-order valence-electron chi connectivity index (χ3n) is 3.87. The van der Waals surface area contributed by atoms with Gasteiger partial charge in [-0.15, -0.1) is 0 Å². The summed E-state index contributed by atoms with van der Waals surface area (Å²) in [4.78, 5) is 12.4. The van der Waals surface area contributed by atoms with E-state index in [4.69, 9.17) is 11.6 Å². The van der Waals surface area contributed by atoms with E-state index in [2.05, 4.69) is 5.32 Å². The Hall–Kier alpha value is -2.05. The molecule has 1 aliphatic carbocycles. The standard InChI is InChI=1S/C17H17ClN2O3S/c1-20(24(22,23)14-5-3-2-4-6-14)13-9-10-16(18)15(11-13)17(21)19-12-7-8-12/h2-6,9-12H,7-8H2,1H3,(H,19,21). The quantitative estimate of drug-likeness (QED) is 0.886. The van der Waals surface area contributed by atoms with Gasteiger partial charge in [-0.2, -0.15) is 0 Å². The summed E-state index contributed by atoms with van der Waals surface area (Å²) in [5.74, 6) is -0.283. The fourth-order valence-electron chi connectivity index (χ4n) is 2.26. The molecule has 0 saturated heterocycles. The van der Waals surface area contributed by atoms with Crippen LogP contribution in [0.2, 0.25) is 5.02 Å². The van der Waals surface area contributed by atoms with Crippen LogP contribution in [-0.2, 0) is 10.0 Å². The Labute approximate surface area is 146 Å². The predicted molar refractivity (Wildman–Crippen MR) is 94.0 cm³/mol. The van der Waals surface area contributed by atoms with E-state index in [0.29, 0.717) is 10.7 Å². The highest BCUT2D eigenvalue weighted by atomic mass is 35.5. The molecule has 0 bridgehead atoms. The van der Waals surface area contributed by atoms with Crippen molar-refractivity contribution in [1.82, 2.24) is 5.32 Å². The number of carbonyl (C=O) groups excluding carboxylic acids is 1. The van der Waals surface area contributed by atoms with Gasteiger partial charge in [-0.05, 0) is 43.2 Å². The van der Waals surface area contributed by atoms with E-state index in [1.807, 2.05) is 0 Å². The van der Waals surface area contributed by atoms with Crippen LogP contribution >= 0.6 is 11.6 Å². The Kier molecular flexibility index (Phi) is 4.51. The normalized spacial score (nSPS) is 14.2. The lowest BCUT2D eigenvalue weighted by molar-refractivity contribution is 0.0951. The molecule has 0 aliphatic heterocycles. The van der Waals surface area contributed by atoms with E-state index in [0.717, 1.165) is 17.1 Å². The molecule has 1 fully saturated rings. The van der Waals surface area contributed by atoms with Crippen LogP contribution < -0.4 is 9.62 Å². The Morgan fingerprint density at radius 3 is 2.46 bits per heavy atom. The van der Waals surface area contributed by atoms with Crippen molar-refractivity contribution in [2.24, 2.45) is 0 Å². The van der Waals surface area contributed by atoms with Crippen molar-refractivity contribution in [1.29, 1.82) is 0 Å². The van der Waals surface area contributed by atoms with E-state index in [-0.39, 0.29) is 22.4 Å². The van der Waals surface area contributed by atoms with Gasteiger partial charge in [-0.25, -0.2) is 8.42 Å². The third kappa shape index (κ3) is 3.39. The summed E-state index contributed by atoms with van der Waals surface area (Å²) in [7, 11) is -2.25. The lowest BCUT2D eigenvalue weighted by Crippen LogP contribution is -2.28. The molecule has 2 aromatic carbocycles. The number of hydrogen-bond acceptors (Lipinski definition) is 3. The van der Waals surface area contributed by atoms with Crippen molar-refractivity contribution in [3.63, 3.8) is 0 Å². The summed E-state index contributed by atoms with van der Waals surface area (Å²) >= 11 is 6.10. The zero-order valence-corrected chi connectivity index (χ0v) is 14.6. The van der Waals surface area contributed by atoms with Gasteiger partial charge in [0.2, 0.25) is 0 Å². The highest BCUT2D eigenvalue weighted by molar-refractivity contribution is 7.92. The lowest BCUT2D eigenvalue weighted by atomic mass is 10.2. The molecular formula is C17H17ClN2O3S. The Morgan fingerprint density at radius 1 is 1.17 bits per heavy atom. The van der Waals surface area contributed by atoms with Gasteiger partial charge in [-0.3, -0.25) is 9.10 Å². The van der Waals surface area contributed by atoms with Gasteiger partial charge in [0.15, 0.2) is 0 Å². The monoisotopic (exact) mass is 364 g/mol. The zero-order chi connectivity index (χ0) is 17.3. The Balaban J connectivity index is 1.92. The number of halogens is 1. The molecule has 1 aliphatic rings. The summed E-state index contributed by atoms with van der Waals surface area (Å²) in [5.41, 5.74) is 0.653. The second-order valence-corrected chi connectivity index (χ2v) is 8.07. The minimum Gasteiger partial charge on any atom is -0.349 e. The maximum atomic E-state index is 12.7. The van der Waals surface area contributed by atoms with E-state index >= 15 is 0 Å². The van der Waals surface area contributed by atoms with Gasteiger partial charge >= 0.3 is 0 Å². The average molecular weight is 365 g/mol. The second kappa shape index (κ2) is 6.45. The van der Waals surface area contributed by atoms with Gasteiger partial charge in [0.1, 0.15) is 0 Å². The minimum absolute atomic E-state index is 0.187. The third-order valence-corrected chi connectivity index (χ3v) is 6.00. The van der Waals surface area contributed by atoms with Gasteiger partial charge < -0.3 is 5.32 Å². The van der Waals surface area contributed by atoms with Crippen LogP contribution in [0, 0.1) is 0 Å². The number of anilines is 1. The largest absolute Gasteiger partial charge is 0.349 e. The van der Waals surface area contributed by atoms with E-state index in [9.17, 15) is 13.2 Å². The van der Waals surface area contributed by atoms with Crippen LogP contribution in [0.3, 0.4) is 0 Å². The number of amides is 1. The molecule has 0 atom stereocenters. The molecular weight excluding hydrogens is 348 g/mol. The molecule has 126 valence electrons. The van der Waals surface area contributed by atoms with Crippen molar-refractivity contribution < 1.29 is 13.2 Å². The second-order valence-electron chi connectivity index (χ2n) is 5.70. The number of sulfonamides is 1. The molecule has 24 heavy (non-hydrogen) atoms. The van der Waals surface area contributed by atoms with Crippen LogP contribution in [0.4, 0.5) is 5.69 Å². The van der Waals surface area contributed by atoms with Crippen molar-refractivity contribution in [2.45, 2.75) is 23.8 Å². The number of benzene rings is 2. The molecule has 3 rings (SSSR count). The van der Waals surface area contributed by atoms with Crippen molar-refractivity contribution >= 4 is 33.2 Å². The minimum atomic E-state index is -3.70. The van der Waals surface area contributed by atoms with E-state index in [1.165, 1.54) is 31.3 Å². The molecule has 0 unspecified atom stereocenters. The maximum absolute atomic E-state index is 12.7. The molecule has 0 aromatic heterocycles. The summed E-state index contributed by atoms with van der Waals surface area (Å²) in [5, 5.41) is 3.15. The Morgan fingerprint density at radius 2 is 1.83 bits per heavy atom. The fraction of sp³-hybridized carbons (Fsp3) is 0.235. The van der Waals surface area contributed by atoms with Crippen LogP contribution in [0.25, 0.3) is 0 Å². The molecule has 7 heteroatoms.